The molecule has 3 aromatic rings. The molecule has 0 saturated carbocycles. The van der Waals surface area contributed by atoms with Crippen molar-refractivity contribution < 1.29 is 0 Å². The number of rotatable bonds is 4. The second-order valence-corrected chi connectivity index (χ2v) is 5.82. The van der Waals surface area contributed by atoms with E-state index in [1.54, 1.807) is 0 Å². The van der Waals surface area contributed by atoms with E-state index in [-0.39, 0.29) is 0 Å². The Morgan fingerprint density at radius 2 is 1.52 bits per heavy atom. The van der Waals surface area contributed by atoms with Crippen molar-refractivity contribution in [2.24, 2.45) is 0 Å². The monoisotopic (exact) mass is 337 g/mol. The fourth-order valence-corrected chi connectivity index (χ4v) is 2.87. The van der Waals surface area contributed by atoms with Crippen molar-refractivity contribution in [1.29, 1.82) is 0 Å². The predicted octanol–water partition coefficient (Wildman–Crippen LogP) is 5.73. The van der Waals surface area contributed by atoms with Crippen LogP contribution in [0.3, 0.4) is 0 Å². The molecule has 0 saturated heterocycles. The van der Waals surface area contributed by atoms with Crippen molar-refractivity contribution >= 4 is 38.0 Å². The van der Waals surface area contributed by atoms with Crippen LogP contribution >= 0.6 is 15.9 Å². The molecule has 0 unspecified atom stereocenters. The first-order chi connectivity index (χ1) is 10.3. The van der Waals surface area contributed by atoms with Crippen molar-refractivity contribution in [2.75, 3.05) is 11.9 Å². The molecule has 3 rings (SSSR count). The van der Waals surface area contributed by atoms with Crippen LogP contribution in [0.4, 0.5) is 5.69 Å². The predicted molar refractivity (Wildman–Crippen MR) is 95.6 cm³/mol. The SMILES string of the molecule is C=C(CNc1ccc(Br)c2ccccc12)c1ccccc1. The normalized spacial score (nSPS) is 10.5. The maximum Gasteiger partial charge on any atom is 0.0423 e. The van der Waals surface area contributed by atoms with Gasteiger partial charge < -0.3 is 5.32 Å². The average molecular weight is 338 g/mol. The van der Waals surface area contributed by atoms with Crippen LogP contribution in [-0.2, 0) is 0 Å². The van der Waals surface area contributed by atoms with Gasteiger partial charge in [-0.2, -0.15) is 0 Å². The van der Waals surface area contributed by atoms with Gasteiger partial charge in [0.05, 0.1) is 0 Å². The first-order valence-electron chi connectivity index (χ1n) is 6.90. The maximum atomic E-state index is 4.17. The topological polar surface area (TPSA) is 12.0 Å². The third-order valence-corrected chi connectivity index (χ3v) is 4.24. The van der Waals surface area contributed by atoms with E-state index in [4.69, 9.17) is 0 Å². The molecule has 0 aliphatic heterocycles. The van der Waals surface area contributed by atoms with E-state index in [0.717, 1.165) is 22.3 Å². The summed E-state index contributed by atoms with van der Waals surface area (Å²) in [5.74, 6) is 0. The van der Waals surface area contributed by atoms with E-state index in [0.29, 0.717) is 0 Å². The lowest BCUT2D eigenvalue weighted by Crippen LogP contribution is -2.03. The van der Waals surface area contributed by atoms with E-state index in [1.165, 1.54) is 16.3 Å². The van der Waals surface area contributed by atoms with Crippen LogP contribution in [0.15, 0.2) is 77.8 Å². The van der Waals surface area contributed by atoms with Crippen LogP contribution in [0.5, 0.6) is 0 Å². The number of halogens is 1. The Balaban J connectivity index is 1.83. The van der Waals surface area contributed by atoms with E-state index >= 15 is 0 Å². The highest BCUT2D eigenvalue weighted by atomic mass is 79.9. The van der Waals surface area contributed by atoms with Crippen LogP contribution in [0, 0.1) is 0 Å². The van der Waals surface area contributed by atoms with Gasteiger partial charge in [-0.1, -0.05) is 77.1 Å². The molecule has 0 aliphatic rings. The summed E-state index contributed by atoms with van der Waals surface area (Å²) in [6, 6.07) is 22.8. The minimum atomic E-state index is 0.732. The highest BCUT2D eigenvalue weighted by Crippen LogP contribution is 2.30. The van der Waals surface area contributed by atoms with Crippen LogP contribution in [0.2, 0.25) is 0 Å². The molecular formula is C19H16BrN. The minimum absolute atomic E-state index is 0.732. The molecule has 21 heavy (non-hydrogen) atoms. The standard InChI is InChI=1S/C19H16BrN/c1-14(15-7-3-2-4-8-15)13-21-19-12-11-18(20)16-9-5-6-10-17(16)19/h2-12,21H,1,13H2. The van der Waals surface area contributed by atoms with E-state index in [1.807, 2.05) is 18.2 Å². The molecule has 0 spiro atoms. The molecular weight excluding hydrogens is 322 g/mol. The van der Waals surface area contributed by atoms with Gasteiger partial charge >= 0.3 is 0 Å². The van der Waals surface area contributed by atoms with Gasteiger partial charge in [-0.05, 0) is 28.7 Å². The summed E-state index contributed by atoms with van der Waals surface area (Å²) in [5, 5.41) is 5.92. The third-order valence-electron chi connectivity index (χ3n) is 3.55. The van der Waals surface area contributed by atoms with Crippen molar-refractivity contribution in [1.82, 2.24) is 0 Å². The Morgan fingerprint density at radius 1 is 0.857 bits per heavy atom. The lowest BCUT2D eigenvalue weighted by Gasteiger charge is -2.12. The summed E-state index contributed by atoms with van der Waals surface area (Å²) in [4.78, 5) is 0. The van der Waals surface area contributed by atoms with Crippen molar-refractivity contribution in [3.05, 3.63) is 83.3 Å². The fourth-order valence-electron chi connectivity index (χ4n) is 2.39. The van der Waals surface area contributed by atoms with Gasteiger partial charge in [0, 0.05) is 22.1 Å². The molecule has 0 heterocycles. The molecule has 0 radical (unpaired) electrons. The van der Waals surface area contributed by atoms with E-state index < -0.39 is 0 Å². The highest BCUT2D eigenvalue weighted by Gasteiger charge is 2.04. The molecule has 3 aromatic carbocycles. The zero-order valence-electron chi connectivity index (χ0n) is 11.6. The number of benzene rings is 3. The van der Waals surface area contributed by atoms with Crippen molar-refractivity contribution in [3.63, 3.8) is 0 Å². The quantitative estimate of drug-likeness (QED) is 0.641. The zero-order chi connectivity index (χ0) is 14.7. The van der Waals surface area contributed by atoms with Crippen LogP contribution in [0.1, 0.15) is 5.56 Å². The Kier molecular flexibility index (Phi) is 4.07. The molecule has 0 bridgehead atoms. The van der Waals surface area contributed by atoms with Crippen molar-refractivity contribution in [2.45, 2.75) is 0 Å². The minimum Gasteiger partial charge on any atom is -0.380 e. The summed E-state index contributed by atoms with van der Waals surface area (Å²) in [6.45, 7) is 4.90. The van der Waals surface area contributed by atoms with Gasteiger partial charge in [0.25, 0.3) is 0 Å². The zero-order valence-corrected chi connectivity index (χ0v) is 13.2. The fraction of sp³-hybridized carbons (Fsp3) is 0.0526. The van der Waals surface area contributed by atoms with E-state index in [9.17, 15) is 0 Å². The molecule has 1 N–H and O–H groups in total. The lowest BCUT2D eigenvalue weighted by atomic mass is 10.1. The number of nitrogens with one attached hydrogen (secondary N) is 1. The first kappa shape index (κ1) is 13.9. The number of anilines is 1. The second kappa shape index (κ2) is 6.15. The molecule has 0 atom stereocenters. The van der Waals surface area contributed by atoms with Crippen LogP contribution in [-0.4, -0.2) is 6.54 Å². The molecule has 0 aliphatic carbocycles. The van der Waals surface area contributed by atoms with Crippen molar-refractivity contribution in [3.8, 4) is 0 Å². The van der Waals surface area contributed by atoms with Gasteiger partial charge in [-0.3, -0.25) is 0 Å². The van der Waals surface area contributed by atoms with Gasteiger partial charge in [-0.25, -0.2) is 0 Å². The molecule has 0 aromatic heterocycles. The first-order valence-corrected chi connectivity index (χ1v) is 7.69. The highest BCUT2D eigenvalue weighted by molar-refractivity contribution is 9.10. The molecule has 0 amide bonds. The number of hydrogen-bond acceptors (Lipinski definition) is 1. The van der Waals surface area contributed by atoms with E-state index in [2.05, 4.69) is 76.4 Å². The van der Waals surface area contributed by atoms with Crippen LogP contribution in [0.25, 0.3) is 16.3 Å². The Bertz CT molecular complexity index is 778. The summed E-state index contributed by atoms with van der Waals surface area (Å²) in [6.07, 6.45) is 0. The van der Waals surface area contributed by atoms with Gasteiger partial charge in [0.2, 0.25) is 0 Å². The van der Waals surface area contributed by atoms with Crippen LogP contribution < -0.4 is 5.32 Å². The molecule has 104 valence electrons. The number of fused-ring (bicyclic) bond motifs is 1. The molecule has 2 heteroatoms. The second-order valence-electron chi connectivity index (χ2n) is 4.96. The lowest BCUT2D eigenvalue weighted by molar-refractivity contribution is 1.35. The largest absolute Gasteiger partial charge is 0.380 e. The number of hydrogen-bond donors (Lipinski definition) is 1. The maximum absolute atomic E-state index is 4.17. The molecule has 1 nitrogen and oxygen atoms in total. The van der Waals surface area contributed by atoms with Gasteiger partial charge in [-0.15, -0.1) is 0 Å². The Labute approximate surface area is 133 Å². The summed E-state index contributed by atoms with van der Waals surface area (Å²) in [7, 11) is 0. The Hall–Kier alpha value is -2.06. The third kappa shape index (κ3) is 3.01. The summed E-state index contributed by atoms with van der Waals surface area (Å²) < 4.78 is 1.12. The molecule has 0 fully saturated rings. The summed E-state index contributed by atoms with van der Waals surface area (Å²) >= 11 is 3.60. The Morgan fingerprint density at radius 3 is 2.29 bits per heavy atom. The summed E-state index contributed by atoms with van der Waals surface area (Å²) in [5.41, 5.74) is 3.39. The van der Waals surface area contributed by atoms with Gasteiger partial charge in [0.1, 0.15) is 0 Å². The smallest absolute Gasteiger partial charge is 0.0423 e. The average Bonchev–Trinajstić information content (AvgIpc) is 2.55. The van der Waals surface area contributed by atoms with Gasteiger partial charge in [0.15, 0.2) is 0 Å².